The minimum atomic E-state index is 0.903. The van der Waals surface area contributed by atoms with Crippen molar-refractivity contribution < 1.29 is 0 Å². The molecule has 0 aliphatic heterocycles. The van der Waals surface area contributed by atoms with Crippen LogP contribution in [0.3, 0.4) is 0 Å². The first-order chi connectivity index (χ1) is 7.83. The van der Waals surface area contributed by atoms with Crippen LogP contribution in [0.25, 0.3) is 0 Å². The molecule has 0 aromatic carbocycles. The zero-order valence-electron chi connectivity index (χ0n) is 10.7. The fraction of sp³-hybridized carbons (Fsp3) is 0.615. The molecule has 0 saturated heterocycles. The second-order valence-electron chi connectivity index (χ2n) is 3.85. The van der Waals surface area contributed by atoms with E-state index in [1.807, 2.05) is 12.3 Å². The van der Waals surface area contributed by atoms with E-state index in [0.717, 1.165) is 38.4 Å². The van der Waals surface area contributed by atoms with E-state index < -0.39 is 0 Å². The summed E-state index contributed by atoms with van der Waals surface area (Å²) in [5.41, 5.74) is 1.29. The lowest BCUT2D eigenvalue weighted by Crippen LogP contribution is -2.26. The van der Waals surface area contributed by atoms with Crippen LogP contribution >= 0.6 is 0 Å². The van der Waals surface area contributed by atoms with E-state index in [0.29, 0.717) is 0 Å². The van der Waals surface area contributed by atoms with Crippen LogP contribution in [0.2, 0.25) is 0 Å². The lowest BCUT2D eigenvalue weighted by Gasteiger charge is -2.23. The summed E-state index contributed by atoms with van der Waals surface area (Å²) in [6.07, 6.45) is 3.04. The lowest BCUT2D eigenvalue weighted by molar-refractivity contribution is 0.710. The smallest absolute Gasteiger partial charge is 0.132 e. The van der Waals surface area contributed by atoms with E-state index in [1.54, 1.807) is 0 Å². The zero-order chi connectivity index (χ0) is 11.8. The predicted molar refractivity (Wildman–Crippen MR) is 69.8 cm³/mol. The highest BCUT2D eigenvalue weighted by molar-refractivity contribution is 5.46. The molecule has 0 spiro atoms. The van der Waals surface area contributed by atoms with Gasteiger partial charge in [0.15, 0.2) is 0 Å². The number of hydrogen-bond donors (Lipinski definition) is 1. The lowest BCUT2D eigenvalue weighted by atomic mass is 10.2. The summed E-state index contributed by atoms with van der Waals surface area (Å²) in [6.45, 7) is 10.5. The van der Waals surface area contributed by atoms with Gasteiger partial charge >= 0.3 is 0 Å². The molecule has 0 amide bonds. The van der Waals surface area contributed by atoms with Gasteiger partial charge in [0.05, 0.1) is 0 Å². The van der Waals surface area contributed by atoms with Crippen molar-refractivity contribution in [1.29, 1.82) is 0 Å². The molecule has 0 radical (unpaired) electrons. The Hall–Kier alpha value is -1.09. The number of aromatic nitrogens is 1. The Morgan fingerprint density at radius 2 is 2.12 bits per heavy atom. The molecular formula is C13H23N3. The van der Waals surface area contributed by atoms with Gasteiger partial charge in [0.1, 0.15) is 5.82 Å². The number of hydrogen-bond acceptors (Lipinski definition) is 3. The summed E-state index contributed by atoms with van der Waals surface area (Å²) in [5, 5.41) is 3.36. The van der Waals surface area contributed by atoms with Crippen molar-refractivity contribution >= 4 is 5.82 Å². The first-order valence-electron chi connectivity index (χ1n) is 6.23. The van der Waals surface area contributed by atoms with Crippen LogP contribution in [-0.4, -0.2) is 24.6 Å². The van der Waals surface area contributed by atoms with Crippen LogP contribution in [0.15, 0.2) is 18.3 Å². The summed E-state index contributed by atoms with van der Waals surface area (Å²) in [7, 11) is 0. The maximum Gasteiger partial charge on any atom is 0.132 e. The quantitative estimate of drug-likeness (QED) is 0.766. The zero-order valence-corrected chi connectivity index (χ0v) is 10.7. The molecule has 16 heavy (non-hydrogen) atoms. The Morgan fingerprint density at radius 3 is 2.75 bits per heavy atom. The normalized spacial score (nSPS) is 10.4. The Bertz CT molecular complexity index is 299. The second-order valence-corrected chi connectivity index (χ2v) is 3.85. The standard InChI is InChI=1S/C13H23N3/c1-4-10-16(6-3)13-12(11-14-5-2)8-7-9-15-13/h7-9,14H,4-6,10-11H2,1-3H3. The molecule has 0 unspecified atom stereocenters. The minimum Gasteiger partial charge on any atom is -0.357 e. The molecule has 0 aliphatic rings. The summed E-state index contributed by atoms with van der Waals surface area (Å²) >= 11 is 0. The predicted octanol–water partition coefficient (Wildman–Crippen LogP) is 2.43. The van der Waals surface area contributed by atoms with Crippen molar-refractivity contribution in [3.63, 3.8) is 0 Å². The van der Waals surface area contributed by atoms with E-state index >= 15 is 0 Å². The molecule has 1 aromatic rings. The summed E-state index contributed by atoms with van der Waals surface area (Å²) < 4.78 is 0. The van der Waals surface area contributed by atoms with Crippen LogP contribution in [0.4, 0.5) is 5.82 Å². The van der Waals surface area contributed by atoms with E-state index in [9.17, 15) is 0 Å². The summed E-state index contributed by atoms with van der Waals surface area (Å²) in [4.78, 5) is 6.85. The van der Waals surface area contributed by atoms with Gasteiger partial charge in [-0.2, -0.15) is 0 Å². The third-order valence-electron chi connectivity index (χ3n) is 2.61. The molecule has 90 valence electrons. The number of rotatable bonds is 7. The van der Waals surface area contributed by atoms with Gasteiger partial charge in [-0.1, -0.05) is 19.9 Å². The van der Waals surface area contributed by atoms with Crippen LogP contribution < -0.4 is 10.2 Å². The van der Waals surface area contributed by atoms with E-state index in [4.69, 9.17) is 0 Å². The molecule has 0 atom stereocenters. The van der Waals surface area contributed by atoms with Crippen molar-refractivity contribution in [3.8, 4) is 0 Å². The molecule has 1 N–H and O–H groups in total. The van der Waals surface area contributed by atoms with Crippen molar-refractivity contribution in [2.45, 2.75) is 33.7 Å². The molecule has 3 heteroatoms. The maximum absolute atomic E-state index is 4.51. The topological polar surface area (TPSA) is 28.2 Å². The summed E-state index contributed by atoms with van der Waals surface area (Å²) in [5.74, 6) is 1.13. The summed E-state index contributed by atoms with van der Waals surface area (Å²) in [6, 6.07) is 4.17. The average Bonchev–Trinajstić information content (AvgIpc) is 2.34. The Kier molecular flexibility index (Phi) is 5.86. The van der Waals surface area contributed by atoms with Crippen molar-refractivity contribution in [2.24, 2.45) is 0 Å². The third kappa shape index (κ3) is 3.49. The highest BCUT2D eigenvalue weighted by Crippen LogP contribution is 2.16. The van der Waals surface area contributed by atoms with Gasteiger partial charge in [-0.25, -0.2) is 4.98 Å². The number of nitrogens with zero attached hydrogens (tertiary/aromatic N) is 2. The number of nitrogens with one attached hydrogen (secondary N) is 1. The van der Waals surface area contributed by atoms with Gasteiger partial charge in [-0.05, 0) is 26.0 Å². The largest absolute Gasteiger partial charge is 0.357 e. The second kappa shape index (κ2) is 7.23. The van der Waals surface area contributed by atoms with Gasteiger partial charge in [-0.3, -0.25) is 0 Å². The van der Waals surface area contributed by atoms with Gasteiger partial charge in [0.2, 0.25) is 0 Å². The fourth-order valence-electron chi connectivity index (χ4n) is 1.80. The molecule has 0 bridgehead atoms. The van der Waals surface area contributed by atoms with Gasteiger partial charge in [0.25, 0.3) is 0 Å². The molecule has 1 rings (SSSR count). The molecular weight excluding hydrogens is 198 g/mol. The van der Waals surface area contributed by atoms with Crippen LogP contribution in [-0.2, 0) is 6.54 Å². The van der Waals surface area contributed by atoms with Crippen LogP contribution in [0.1, 0.15) is 32.8 Å². The maximum atomic E-state index is 4.51. The number of anilines is 1. The van der Waals surface area contributed by atoms with Crippen molar-refractivity contribution in [3.05, 3.63) is 23.9 Å². The Balaban J connectivity index is 2.82. The van der Waals surface area contributed by atoms with Gasteiger partial charge in [-0.15, -0.1) is 0 Å². The van der Waals surface area contributed by atoms with Crippen molar-refractivity contribution in [2.75, 3.05) is 24.5 Å². The van der Waals surface area contributed by atoms with E-state index in [-0.39, 0.29) is 0 Å². The molecule has 0 aliphatic carbocycles. The number of pyridine rings is 1. The first kappa shape index (κ1) is 13.0. The molecule has 0 fully saturated rings. The highest BCUT2D eigenvalue weighted by Gasteiger charge is 2.09. The SMILES string of the molecule is CCCN(CC)c1ncccc1CNCC. The van der Waals surface area contributed by atoms with Crippen LogP contribution in [0.5, 0.6) is 0 Å². The first-order valence-corrected chi connectivity index (χ1v) is 6.23. The Labute approximate surface area is 98.9 Å². The van der Waals surface area contributed by atoms with E-state index in [2.05, 4.69) is 42.0 Å². The highest BCUT2D eigenvalue weighted by atomic mass is 15.2. The molecule has 1 aromatic heterocycles. The minimum absolute atomic E-state index is 0.903. The third-order valence-corrected chi connectivity index (χ3v) is 2.61. The van der Waals surface area contributed by atoms with Gasteiger partial charge < -0.3 is 10.2 Å². The monoisotopic (exact) mass is 221 g/mol. The Morgan fingerprint density at radius 1 is 1.31 bits per heavy atom. The fourth-order valence-corrected chi connectivity index (χ4v) is 1.80. The molecule has 1 heterocycles. The van der Waals surface area contributed by atoms with Crippen LogP contribution in [0, 0.1) is 0 Å². The van der Waals surface area contributed by atoms with Crippen molar-refractivity contribution in [1.82, 2.24) is 10.3 Å². The van der Waals surface area contributed by atoms with E-state index in [1.165, 1.54) is 5.56 Å². The average molecular weight is 221 g/mol. The molecule has 0 saturated carbocycles. The van der Waals surface area contributed by atoms with Gasteiger partial charge in [0, 0.05) is 31.4 Å². The molecule has 3 nitrogen and oxygen atoms in total.